The maximum atomic E-state index is 14.3. The molecule has 0 atom stereocenters. The van der Waals surface area contributed by atoms with Crippen molar-refractivity contribution in [1.82, 2.24) is 9.97 Å². The van der Waals surface area contributed by atoms with E-state index in [2.05, 4.69) is 9.97 Å². The van der Waals surface area contributed by atoms with E-state index in [0.717, 1.165) is 11.3 Å². The highest BCUT2D eigenvalue weighted by atomic mass is 19.1. The second kappa shape index (κ2) is 6.32. The van der Waals surface area contributed by atoms with Crippen LogP contribution < -0.4 is 10.6 Å². The molecule has 0 spiro atoms. The average molecular weight is 274 g/mol. The summed E-state index contributed by atoms with van der Waals surface area (Å²) in [5.74, 6) is 0.0310. The van der Waals surface area contributed by atoms with E-state index in [-0.39, 0.29) is 5.82 Å². The van der Waals surface area contributed by atoms with Crippen molar-refractivity contribution < 1.29 is 4.39 Å². The highest BCUT2D eigenvalue weighted by Crippen LogP contribution is 2.20. The normalized spacial score (nSPS) is 10.6. The van der Waals surface area contributed by atoms with Crippen LogP contribution in [0.15, 0.2) is 30.6 Å². The number of hydrogen-bond acceptors (Lipinski definition) is 4. The van der Waals surface area contributed by atoms with Gasteiger partial charge in [-0.05, 0) is 31.0 Å². The van der Waals surface area contributed by atoms with Crippen LogP contribution in [0, 0.1) is 5.82 Å². The Morgan fingerprint density at radius 3 is 2.45 bits per heavy atom. The highest BCUT2D eigenvalue weighted by molar-refractivity contribution is 5.44. The average Bonchev–Trinajstić information content (AvgIpc) is 2.47. The smallest absolute Gasteiger partial charge is 0.187 e. The summed E-state index contributed by atoms with van der Waals surface area (Å²) < 4.78 is 14.3. The second-order valence-electron chi connectivity index (χ2n) is 4.57. The minimum atomic E-state index is -0.327. The van der Waals surface area contributed by atoms with E-state index in [1.54, 1.807) is 0 Å². The first kappa shape index (κ1) is 14.2. The van der Waals surface area contributed by atoms with Crippen LogP contribution in [-0.2, 0) is 13.0 Å². The summed E-state index contributed by atoms with van der Waals surface area (Å²) >= 11 is 0. The molecule has 0 aliphatic heterocycles. The first-order chi connectivity index (χ1) is 9.65. The van der Waals surface area contributed by atoms with Crippen LogP contribution in [0.2, 0.25) is 0 Å². The van der Waals surface area contributed by atoms with Gasteiger partial charge in [-0.1, -0.05) is 19.1 Å². The number of aryl methyl sites for hydroxylation is 1. The number of aromatic nitrogens is 2. The lowest BCUT2D eigenvalue weighted by atomic mass is 10.2. The van der Waals surface area contributed by atoms with Crippen LogP contribution in [-0.4, -0.2) is 16.5 Å². The second-order valence-corrected chi connectivity index (χ2v) is 4.57. The fourth-order valence-corrected chi connectivity index (χ4v) is 2.04. The lowest BCUT2D eigenvalue weighted by Gasteiger charge is -2.23. The van der Waals surface area contributed by atoms with Crippen LogP contribution in [0.1, 0.15) is 25.1 Å². The van der Waals surface area contributed by atoms with Crippen molar-refractivity contribution >= 4 is 11.5 Å². The SMILES string of the molecule is CCc1ncnc(N(CC)Cc2ccc(N)cc2)c1F. The fraction of sp³-hybridized carbons (Fsp3) is 0.333. The zero-order valence-corrected chi connectivity index (χ0v) is 11.8. The van der Waals surface area contributed by atoms with E-state index in [0.29, 0.717) is 31.0 Å². The number of hydrogen-bond donors (Lipinski definition) is 1. The van der Waals surface area contributed by atoms with E-state index >= 15 is 0 Å². The molecular weight excluding hydrogens is 255 g/mol. The monoisotopic (exact) mass is 274 g/mol. The van der Waals surface area contributed by atoms with Gasteiger partial charge in [-0.3, -0.25) is 0 Å². The van der Waals surface area contributed by atoms with E-state index in [9.17, 15) is 4.39 Å². The first-order valence-electron chi connectivity index (χ1n) is 6.74. The number of nitrogens with two attached hydrogens (primary N) is 1. The molecule has 0 saturated carbocycles. The topological polar surface area (TPSA) is 55.0 Å². The molecule has 0 aliphatic rings. The molecule has 0 unspecified atom stereocenters. The van der Waals surface area contributed by atoms with Gasteiger partial charge < -0.3 is 10.6 Å². The van der Waals surface area contributed by atoms with E-state index < -0.39 is 0 Å². The predicted molar refractivity (Wildman–Crippen MR) is 78.9 cm³/mol. The summed E-state index contributed by atoms with van der Waals surface area (Å²) in [6.07, 6.45) is 1.98. The lowest BCUT2D eigenvalue weighted by Crippen LogP contribution is -2.25. The molecule has 2 rings (SSSR count). The van der Waals surface area contributed by atoms with Crippen LogP contribution >= 0.6 is 0 Å². The van der Waals surface area contributed by atoms with Gasteiger partial charge in [0.2, 0.25) is 0 Å². The highest BCUT2D eigenvalue weighted by Gasteiger charge is 2.15. The Hall–Kier alpha value is -2.17. The molecule has 0 saturated heterocycles. The molecule has 1 heterocycles. The first-order valence-corrected chi connectivity index (χ1v) is 6.74. The number of anilines is 2. The van der Waals surface area contributed by atoms with Crippen LogP contribution in [0.5, 0.6) is 0 Å². The molecule has 0 amide bonds. The molecule has 0 radical (unpaired) electrons. The minimum Gasteiger partial charge on any atom is -0.399 e. The van der Waals surface area contributed by atoms with Gasteiger partial charge in [0, 0.05) is 18.8 Å². The third kappa shape index (κ3) is 3.04. The quantitative estimate of drug-likeness (QED) is 0.852. The summed E-state index contributed by atoms with van der Waals surface area (Å²) in [5.41, 5.74) is 7.91. The van der Waals surface area contributed by atoms with Gasteiger partial charge in [-0.2, -0.15) is 0 Å². The van der Waals surface area contributed by atoms with Crippen molar-refractivity contribution in [2.75, 3.05) is 17.2 Å². The van der Waals surface area contributed by atoms with Crippen LogP contribution in [0.4, 0.5) is 15.9 Å². The molecule has 0 bridgehead atoms. The minimum absolute atomic E-state index is 0.327. The summed E-state index contributed by atoms with van der Waals surface area (Å²) in [6.45, 7) is 5.12. The molecule has 2 N–H and O–H groups in total. The molecule has 0 fully saturated rings. The molecule has 5 heteroatoms. The third-order valence-electron chi connectivity index (χ3n) is 3.21. The van der Waals surface area contributed by atoms with Crippen molar-refractivity contribution in [3.8, 4) is 0 Å². The Kier molecular flexibility index (Phi) is 4.50. The predicted octanol–water partition coefficient (Wildman–Crippen LogP) is 2.79. The Bertz CT molecular complexity index is 569. The van der Waals surface area contributed by atoms with Crippen LogP contribution in [0.3, 0.4) is 0 Å². The Morgan fingerprint density at radius 2 is 1.85 bits per heavy atom. The zero-order valence-electron chi connectivity index (χ0n) is 11.8. The Morgan fingerprint density at radius 1 is 1.15 bits per heavy atom. The number of halogens is 1. The Balaban J connectivity index is 2.26. The summed E-state index contributed by atoms with van der Waals surface area (Å²) in [6, 6.07) is 7.57. The maximum Gasteiger partial charge on any atom is 0.187 e. The summed E-state index contributed by atoms with van der Waals surface area (Å²) in [5, 5.41) is 0. The van der Waals surface area contributed by atoms with Crippen LogP contribution in [0.25, 0.3) is 0 Å². The third-order valence-corrected chi connectivity index (χ3v) is 3.21. The van der Waals surface area contributed by atoms with Crippen molar-refractivity contribution in [2.45, 2.75) is 26.8 Å². The molecule has 4 nitrogen and oxygen atoms in total. The summed E-state index contributed by atoms with van der Waals surface area (Å²) in [7, 11) is 0. The number of rotatable bonds is 5. The van der Waals surface area contributed by atoms with Gasteiger partial charge >= 0.3 is 0 Å². The van der Waals surface area contributed by atoms with Gasteiger partial charge in [0.1, 0.15) is 6.33 Å². The standard InChI is InChI=1S/C15H19FN4/c1-3-13-14(16)15(19-10-18-13)20(4-2)9-11-5-7-12(17)8-6-11/h5-8,10H,3-4,9,17H2,1-2H3. The van der Waals surface area contributed by atoms with Crippen molar-refractivity contribution in [3.05, 3.63) is 47.7 Å². The zero-order chi connectivity index (χ0) is 14.5. The molecule has 1 aromatic carbocycles. The van der Waals surface area contributed by atoms with Gasteiger partial charge in [-0.15, -0.1) is 0 Å². The molecule has 2 aromatic rings. The largest absolute Gasteiger partial charge is 0.399 e. The van der Waals surface area contributed by atoms with Gasteiger partial charge in [0.15, 0.2) is 11.6 Å². The molecule has 1 aromatic heterocycles. The fourth-order valence-electron chi connectivity index (χ4n) is 2.04. The van der Waals surface area contributed by atoms with E-state index in [1.807, 2.05) is 43.0 Å². The lowest BCUT2D eigenvalue weighted by molar-refractivity contribution is 0.583. The molecule has 106 valence electrons. The maximum absolute atomic E-state index is 14.3. The van der Waals surface area contributed by atoms with Gasteiger partial charge in [0.25, 0.3) is 0 Å². The number of nitrogens with zero attached hydrogens (tertiary/aromatic N) is 3. The summed E-state index contributed by atoms with van der Waals surface area (Å²) in [4.78, 5) is 9.94. The van der Waals surface area contributed by atoms with Crippen molar-refractivity contribution in [2.24, 2.45) is 0 Å². The van der Waals surface area contributed by atoms with Crippen molar-refractivity contribution in [1.29, 1.82) is 0 Å². The molecular formula is C15H19FN4. The van der Waals surface area contributed by atoms with E-state index in [4.69, 9.17) is 5.73 Å². The van der Waals surface area contributed by atoms with Gasteiger partial charge in [-0.25, -0.2) is 14.4 Å². The van der Waals surface area contributed by atoms with E-state index in [1.165, 1.54) is 6.33 Å². The number of nitrogen functional groups attached to an aromatic ring is 1. The number of benzene rings is 1. The Labute approximate surface area is 118 Å². The molecule has 20 heavy (non-hydrogen) atoms. The van der Waals surface area contributed by atoms with Gasteiger partial charge in [0.05, 0.1) is 5.69 Å². The molecule has 0 aliphatic carbocycles. The van der Waals surface area contributed by atoms with Crippen molar-refractivity contribution in [3.63, 3.8) is 0 Å².